The molecule has 0 spiro atoms. The Morgan fingerprint density at radius 1 is 0.707 bits per heavy atom. The number of hydrogen-bond donors (Lipinski definition) is 7. The summed E-state index contributed by atoms with van der Waals surface area (Å²) in [7, 11) is 0. The fourth-order valence-electron chi connectivity index (χ4n) is 8.19. The highest BCUT2D eigenvalue weighted by Crippen LogP contribution is 2.24. The van der Waals surface area contributed by atoms with E-state index in [4.69, 9.17) is 5.73 Å². The normalized spacial score (nSPS) is 17.2. The van der Waals surface area contributed by atoms with Crippen LogP contribution in [0.3, 0.4) is 0 Å². The number of likely N-dealkylation sites (tertiary alicyclic amines) is 1. The zero-order valence-electron chi connectivity index (χ0n) is 32.4. The Morgan fingerprint density at radius 2 is 1.31 bits per heavy atom. The Labute approximate surface area is 337 Å². The van der Waals surface area contributed by atoms with Gasteiger partial charge in [0, 0.05) is 49.5 Å². The molecule has 3 atom stereocenters. The van der Waals surface area contributed by atoms with Gasteiger partial charge in [-0.2, -0.15) is 0 Å². The molecular formula is C45H51N7O6. The summed E-state index contributed by atoms with van der Waals surface area (Å²) in [6.45, 7) is 1.63. The van der Waals surface area contributed by atoms with Crippen molar-refractivity contribution in [2.45, 2.75) is 68.6 Å². The smallest absolute Gasteiger partial charge is 0.306 e. The number of carboxylic acid groups (broad SMARTS) is 1. The maximum absolute atomic E-state index is 14.7. The van der Waals surface area contributed by atoms with Gasteiger partial charge in [0.1, 0.15) is 18.1 Å². The van der Waals surface area contributed by atoms with Gasteiger partial charge >= 0.3 is 5.97 Å². The third-order valence-corrected chi connectivity index (χ3v) is 11.7. The number of carbonyl (C=O) groups excluding carboxylic acids is 4. The molecule has 3 heterocycles. The quantitative estimate of drug-likeness (QED) is 0.0891. The first-order valence-corrected chi connectivity index (χ1v) is 20.1. The minimum absolute atomic E-state index is 0.0826. The lowest BCUT2D eigenvalue weighted by Crippen LogP contribution is -2.63. The van der Waals surface area contributed by atoms with E-state index in [0.29, 0.717) is 38.8 Å². The van der Waals surface area contributed by atoms with E-state index in [0.717, 1.165) is 38.4 Å². The van der Waals surface area contributed by atoms with Crippen LogP contribution in [0.5, 0.6) is 0 Å². The van der Waals surface area contributed by atoms with Crippen molar-refractivity contribution in [2.24, 2.45) is 11.7 Å². The van der Waals surface area contributed by atoms with Gasteiger partial charge in [0.2, 0.25) is 23.6 Å². The second-order valence-electron chi connectivity index (χ2n) is 15.6. The average molecular weight is 786 g/mol. The van der Waals surface area contributed by atoms with Gasteiger partial charge in [-0.05, 0) is 72.3 Å². The molecule has 0 aliphatic carbocycles. The molecule has 0 radical (unpaired) electrons. The lowest BCUT2D eigenvalue weighted by Gasteiger charge is -2.34. The van der Waals surface area contributed by atoms with Crippen molar-refractivity contribution in [3.05, 3.63) is 120 Å². The predicted molar refractivity (Wildman–Crippen MR) is 222 cm³/mol. The molecule has 1 aromatic heterocycles. The van der Waals surface area contributed by atoms with Crippen LogP contribution in [-0.2, 0) is 43.2 Å². The van der Waals surface area contributed by atoms with Crippen molar-refractivity contribution in [3.8, 4) is 0 Å². The molecule has 7 rings (SSSR count). The van der Waals surface area contributed by atoms with Crippen molar-refractivity contribution >= 4 is 51.3 Å². The number of nitrogens with two attached hydrogens (primary N) is 1. The molecule has 302 valence electrons. The molecule has 8 N–H and O–H groups in total. The summed E-state index contributed by atoms with van der Waals surface area (Å²) in [6.07, 6.45) is 3.64. The van der Waals surface area contributed by atoms with Crippen LogP contribution in [0.25, 0.3) is 21.7 Å². The van der Waals surface area contributed by atoms with Crippen LogP contribution >= 0.6 is 0 Å². The standard InChI is InChI=1S/C45H51N7O6/c46-45(19-21-47-22-20-45)44(58)51-37(25-29-9-2-1-3-10-29)40(53)49-38(27-33-28-48-36-16-7-6-15-35(33)36)41(54)50-39(42(55)52-23-17-31(18-24-52)43(56)57)26-32-13-8-12-30-11-4-5-14-34(30)32/h1-16,28,31,37-39,47-48H,17-27,46H2,(H,49,53)(H,50,54)(H,51,58)(H,56,57)/t37-,38+,39+/m0/s1. The average Bonchev–Trinajstić information content (AvgIpc) is 3.65. The Kier molecular flexibility index (Phi) is 12.5. The number of para-hydroxylation sites is 1. The number of H-pyrrole nitrogens is 1. The zero-order chi connectivity index (χ0) is 40.6. The minimum atomic E-state index is -1.16. The van der Waals surface area contributed by atoms with E-state index in [2.05, 4.69) is 26.3 Å². The zero-order valence-corrected chi connectivity index (χ0v) is 32.4. The summed E-state index contributed by atoms with van der Waals surface area (Å²) < 4.78 is 0. The van der Waals surface area contributed by atoms with Crippen LogP contribution in [0.2, 0.25) is 0 Å². The molecule has 0 saturated carbocycles. The summed E-state index contributed by atoms with van der Waals surface area (Å²) in [6, 6.07) is 27.4. The van der Waals surface area contributed by atoms with Crippen LogP contribution in [0, 0.1) is 5.92 Å². The molecule has 58 heavy (non-hydrogen) atoms. The number of aliphatic carboxylic acids is 1. The van der Waals surface area contributed by atoms with Gasteiger partial charge in [-0.15, -0.1) is 0 Å². The number of hydrogen-bond acceptors (Lipinski definition) is 7. The van der Waals surface area contributed by atoms with E-state index in [1.165, 1.54) is 0 Å². The first kappa shape index (κ1) is 40.2. The number of nitrogens with one attached hydrogen (secondary N) is 5. The van der Waals surface area contributed by atoms with E-state index < -0.39 is 53.3 Å². The fourth-order valence-corrected chi connectivity index (χ4v) is 8.19. The second kappa shape index (κ2) is 18.0. The lowest BCUT2D eigenvalue weighted by molar-refractivity contribution is -0.146. The summed E-state index contributed by atoms with van der Waals surface area (Å²) in [5.74, 6) is -3.33. The molecule has 0 unspecified atom stereocenters. The van der Waals surface area contributed by atoms with Crippen molar-refractivity contribution in [3.63, 3.8) is 0 Å². The van der Waals surface area contributed by atoms with Gasteiger partial charge in [0.15, 0.2) is 0 Å². The molecule has 5 aromatic rings. The highest BCUT2D eigenvalue weighted by molar-refractivity contribution is 5.97. The summed E-state index contributed by atoms with van der Waals surface area (Å²) >= 11 is 0. The molecule has 2 aliphatic heterocycles. The van der Waals surface area contributed by atoms with E-state index in [9.17, 15) is 29.1 Å². The van der Waals surface area contributed by atoms with Gasteiger partial charge in [-0.25, -0.2) is 0 Å². The van der Waals surface area contributed by atoms with Gasteiger partial charge in [-0.1, -0.05) is 91.0 Å². The van der Waals surface area contributed by atoms with Crippen molar-refractivity contribution in [1.82, 2.24) is 31.2 Å². The van der Waals surface area contributed by atoms with Crippen molar-refractivity contribution in [1.29, 1.82) is 0 Å². The molecule has 4 aromatic carbocycles. The maximum Gasteiger partial charge on any atom is 0.306 e. The molecule has 2 fully saturated rings. The van der Waals surface area contributed by atoms with Crippen LogP contribution in [-0.4, -0.2) is 94.4 Å². The number of piperidine rings is 2. The van der Waals surface area contributed by atoms with Gasteiger partial charge in [0.05, 0.1) is 11.5 Å². The Hall–Kier alpha value is -6.05. The number of carbonyl (C=O) groups is 5. The summed E-state index contributed by atoms with van der Waals surface area (Å²) in [4.78, 5) is 74.0. The van der Waals surface area contributed by atoms with Gasteiger partial charge < -0.3 is 42.0 Å². The Morgan fingerprint density at radius 3 is 2.03 bits per heavy atom. The highest BCUT2D eigenvalue weighted by atomic mass is 16.4. The molecular weight excluding hydrogens is 735 g/mol. The molecule has 2 aliphatic rings. The van der Waals surface area contributed by atoms with Crippen LogP contribution < -0.4 is 27.0 Å². The second-order valence-corrected chi connectivity index (χ2v) is 15.6. The largest absolute Gasteiger partial charge is 0.481 e. The predicted octanol–water partition coefficient (Wildman–Crippen LogP) is 3.21. The first-order chi connectivity index (χ1) is 28.1. The topological polar surface area (TPSA) is 199 Å². The van der Waals surface area contributed by atoms with E-state index in [1.807, 2.05) is 97.1 Å². The summed E-state index contributed by atoms with van der Waals surface area (Å²) in [5, 5.41) is 24.6. The van der Waals surface area contributed by atoms with E-state index >= 15 is 0 Å². The number of aromatic nitrogens is 1. The number of aromatic amines is 1. The number of nitrogens with zero attached hydrogens (tertiary/aromatic N) is 1. The van der Waals surface area contributed by atoms with E-state index in [1.54, 1.807) is 11.1 Å². The first-order valence-electron chi connectivity index (χ1n) is 20.1. The highest BCUT2D eigenvalue weighted by Gasteiger charge is 2.39. The number of rotatable bonds is 14. The fraction of sp³-hybridized carbons (Fsp3) is 0.356. The summed E-state index contributed by atoms with van der Waals surface area (Å²) in [5.41, 5.74) is 8.74. The van der Waals surface area contributed by atoms with Crippen LogP contribution in [0.1, 0.15) is 42.4 Å². The van der Waals surface area contributed by atoms with Crippen LogP contribution in [0.4, 0.5) is 0 Å². The molecule has 13 heteroatoms. The lowest BCUT2D eigenvalue weighted by atomic mass is 9.88. The molecule has 2 saturated heterocycles. The number of fused-ring (bicyclic) bond motifs is 2. The molecule has 13 nitrogen and oxygen atoms in total. The van der Waals surface area contributed by atoms with Gasteiger partial charge in [-0.3, -0.25) is 24.0 Å². The van der Waals surface area contributed by atoms with Crippen molar-refractivity contribution in [2.75, 3.05) is 26.2 Å². The number of benzene rings is 4. The third-order valence-electron chi connectivity index (χ3n) is 11.7. The van der Waals surface area contributed by atoms with Crippen molar-refractivity contribution < 1.29 is 29.1 Å². The Bertz CT molecular complexity index is 2260. The number of amides is 4. The van der Waals surface area contributed by atoms with Crippen LogP contribution in [0.15, 0.2) is 103 Å². The maximum atomic E-state index is 14.7. The number of carboxylic acids is 1. The van der Waals surface area contributed by atoms with Gasteiger partial charge in [0.25, 0.3) is 0 Å². The third kappa shape index (κ3) is 9.38. The Balaban J connectivity index is 1.19. The SMILES string of the molecule is NC1(C(=O)N[C@@H](Cc2ccccc2)C(=O)N[C@H](Cc2c[nH]c3ccccc23)C(=O)N[C@H](Cc2cccc3ccccc23)C(=O)N2CCC(C(=O)O)CC2)CCNCC1. The van der Waals surface area contributed by atoms with E-state index in [-0.39, 0.29) is 38.3 Å². The minimum Gasteiger partial charge on any atom is -0.481 e. The molecule has 4 amide bonds. The monoisotopic (exact) mass is 785 g/mol. The molecule has 0 bridgehead atoms.